The van der Waals surface area contributed by atoms with E-state index in [1.807, 2.05) is 6.92 Å². The minimum Gasteiger partial charge on any atom is -0.481 e. The number of carbonyl (C=O) groups excluding carboxylic acids is 1. The van der Waals surface area contributed by atoms with Crippen LogP contribution < -0.4 is 5.32 Å². The molecule has 0 unspecified atom stereocenters. The van der Waals surface area contributed by atoms with Crippen LogP contribution in [0.15, 0.2) is 0 Å². The molecule has 4 heteroatoms. The van der Waals surface area contributed by atoms with Gasteiger partial charge in [-0.2, -0.15) is 0 Å². The van der Waals surface area contributed by atoms with Gasteiger partial charge in [-0.05, 0) is 30.6 Å². The number of amides is 1. The van der Waals surface area contributed by atoms with E-state index in [0.29, 0.717) is 5.92 Å². The number of nitrogens with one attached hydrogen (secondary N) is 1. The normalized spacial score (nSPS) is 28.4. The lowest BCUT2D eigenvalue weighted by atomic mass is 9.78. The smallest absolute Gasteiger partial charge is 0.306 e. The molecule has 1 aliphatic rings. The molecule has 1 fully saturated rings. The molecule has 0 bridgehead atoms. The van der Waals surface area contributed by atoms with Crippen molar-refractivity contribution in [3.05, 3.63) is 0 Å². The fraction of sp³-hybridized carbons (Fsp3) is 0.867. The maximum absolute atomic E-state index is 11.4. The quantitative estimate of drug-likeness (QED) is 0.779. The van der Waals surface area contributed by atoms with Crippen LogP contribution in [0.1, 0.15) is 53.4 Å². The van der Waals surface area contributed by atoms with Gasteiger partial charge in [0.15, 0.2) is 0 Å². The van der Waals surface area contributed by atoms with Gasteiger partial charge in [-0.15, -0.1) is 0 Å². The van der Waals surface area contributed by atoms with Gasteiger partial charge in [0.2, 0.25) is 5.91 Å². The molecule has 110 valence electrons. The molecule has 0 aliphatic heterocycles. The fourth-order valence-corrected chi connectivity index (χ4v) is 3.66. The standard InChI is InChI=1S/C15H27NO3/c1-5-11(6-2)14(16-10(4)17)12-7-8-13(9(12)3)15(18)19/h9,11-14H,5-8H2,1-4H3,(H,16,17)(H,18,19)/t9-,12-,13-,14+/m0/s1. The van der Waals surface area contributed by atoms with Crippen LogP contribution in [0.4, 0.5) is 0 Å². The van der Waals surface area contributed by atoms with Gasteiger partial charge in [-0.25, -0.2) is 0 Å². The van der Waals surface area contributed by atoms with E-state index in [-0.39, 0.29) is 29.7 Å². The minimum absolute atomic E-state index is 0.0112. The predicted molar refractivity (Wildman–Crippen MR) is 74.7 cm³/mol. The number of carboxylic acids is 1. The highest BCUT2D eigenvalue weighted by molar-refractivity contribution is 5.73. The molecule has 4 nitrogen and oxygen atoms in total. The molecule has 0 aromatic carbocycles. The summed E-state index contributed by atoms with van der Waals surface area (Å²) in [5.74, 6) is -0.103. The number of hydrogen-bond acceptors (Lipinski definition) is 2. The Balaban J connectivity index is 2.86. The Kier molecular flexibility index (Phi) is 5.83. The van der Waals surface area contributed by atoms with Crippen LogP contribution in [0.3, 0.4) is 0 Å². The van der Waals surface area contributed by atoms with Crippen LogP contribution >= 0.6 is 0 Å². The summed E-state index contributed by atoms with van der Waals surface area (Å²) in [6.07, 6.45) is 3.67. The van der Waals surface area contributed by atoms with Gasteiger partial charge in [0, 0.05) is 13.0 Å². The summed E-state index contributed by atoms with van der Waals surface area (Å²) in [4.78, 5) is 22.7. The zero-order chi connectivity index (χ0) is 14.6. The van der Waals surface area contributed by atoms with Crippen LogP contribution in [0.5, 0.6) is 0 Å². The summed E-state index contributed by atoms with van der Waals surface area (Å²) in [5.41, 5.74) is 0. The van der Waals surface area contributed by atoms with Crippen molar-refractivity contribution in [3.8, 4) is 0 Å². The van der Waals surface area contributed by atoms with E-state index in [1.54, 1.807) is 6.92 Å². The summed E-state index contributed by atoms with van der Waals surface area (Å²) in [6, 6.07) is 0.117. The highest BCUT2D eigenvalue weighted by Gasteiger charge is 2.42. The number of hydrogen-bond donors (Lipinski definition) is 2. The SMILES string of the molecule is CCC(CC)[C@@H](NC(C)=O)[C@H]1CC[C@H](C(=O)O)[C@H]1C. The predicted octanol–water partition coefficient (Wildman–Crippen LogP) is 2.67. The molecule has 0 aromatic heterocycles. The Morgan fingerprint density at radius 2 is 1.84 bits per heavy atom. The summed E-state index contributed by atoms with van der Waals surface area (Å²) < 4.78 is 0. The third-order valence-electron chi connectivity index (χ3n) is 4.83. The van der Waals surface area contributed by atoms with Crippen LogP contribution in [0, 0.1) is 23.7 Å². The van der Waals surface area contributed by atoms with Crippen LogP contribution in [-0.2, 0) is 9.59 Å². The molecule has 1 rings (SSSR count). The second-order valence-corrected chi connectivity index (χ2v) is 5.85. The van der Waals surface area contributed by atoms with E-state index >= 15 is 0 Å². The molecule has 0 aromatic rings. The number of rotatable bonds is 6. The molecule has 0 saturated heterocycles. The van der Waals surface area contributed by atoms with Crippen molar-refractivity contribution in [3.63, 3.8) is 0 Å². The Labute approximate surface area is 116 Å². The lowest BCUT2D eigenvalue weighted by Crippen LogP contribution is -2.46. The Morgan fingerprint density at radius 3 is 2.21 bits per heavy atom. The average molecular weight is 269 g/mol. The topological polar surface area (TPSA) is 66.4 Å². The first-order valence-corrected chi connectivity index (χ1v) is 7.42. The molecule has 0 heterocycles. The monoisotopic (exact) mass is 269 g/mol. The molecular weight excluding hydrogens is 242 g/mol. The first-order chi connectivity index (χ1) is 8.92. The van der Waals surface area contributed by atoms with Crippen molar-refractivity contribution in [1.82, 2.24) is 5.32 Å². The zero-order valence-electron chi connectivity index (χ0n) is 12.5. The Hall–Kier alpha value is -1.06. The zero-order valence-corrected chi connectivity index (χ0v) is 12.5. The van der Waals surface area contributed by atoms with Gasteiger partial charge >= 0.3 is 5.97 Å². The summed E-state index contributed by atoms with van der Waals surface area (Å²) in [5, 5.41) is 12.3. The molecule has 0 radical (unpaired) electrons. The summed E-state index contributed by atoms with van der Waals surface area (Å²) >= 11 is 0. The van der Waals surface area contributed by atoms with E-state index in [4.69, 9.17) is 0 Å². The molecule has 1 aliphatic carbocycles. The van der Waals surface area contributed by atoms with Gasteiger partial charge in [-0.3, -0.25) is 9.59 Å². The first kappa shape index (κ1) is 16.0. The summed E-state index contributed by atoms with van der Waals surface area (Å²) in [7, 11) is 0. The van der Waals surface area contributed by atoms with E-state index in [1.165, 1.54) is 0 Å². The Bertz CT molecular complexity index is 325. The largest absolute Gasteiger partial charge is 0.481 e. The van der Waals surface area contributed by atoms with Gasteiger partial charge in [0.05, 0.1) is 5.92 Å². The van der Waals surface area contributed by atoms with E-state index in [9.17, 15) is 14.7 Å². The molecule has 1 saturated carbocycles. The van der Waals surface area contributed by atoms with Gasteiger partial charge in [0.1, 0.15) is 0 Å². The summed E-state index contributed by atoms with van der Waals surface area (Å²) in [6.45, 7) is 7.84. The van der Waals surface area contributed by atoms with Crippen molar-refractivity contribution in [1.29, 1.82) is 0 Å². The third kappa shape index (κ3) is 3.71. The van der Waals surface area contributed by atoms with Crippen molar-refractivity contribution < 1.29 is 14.7 Å². The first-order valence-electron chi connectivity index (χ1n) is 7.42. The second-order valence-electron chi connectivity index (χ2n) is 5.85. The number of aliphatic carboxylic acids is 1. The van der Waals surface area contributed by atoms with E-state index in [2.05, 4.69) is 19.2 Å². The van der Waals surface area contributed by atoms with Gasteiger partial charge in [0.25, 0.3) is 0 Å². The van der Waals surface area contributed by atoms with Crippen molar-refractivity contribution in [2.45, 2.75) is 59.4 Å². The molecule has 2 N–H and O–H groups in total. The lowest BCUT2D eigenvalue weighted by Gasteiger charge is -2.34. The molecule has 1 amide bonds. The highest BCUT2D eigenvalue weighted by atomic mass is 16.4. The fourth-order valence-electron chi connectivity index (χ4n) is 3.66. The van der Waals surface area contributed by atoms with Crippen molar-refractivity contribution in [2.24, 2.45) is 23.7 Å². The molecule has 4 atom stereocenters. The number of carboxylic acid groups (broad SMARTS) is 1. The van der Waals surface area contributed by atoms with E-state index < -0.39 is 5.97 Å². The maximum atomic E-state index is 11.4. The van der Waals surface area contributed by atoms with Crippen LogP contribution in [-0.4, -0.2) is 23.0 Å². The second kappa shape index (κ2) is 6.92. The molecule has 0 spiro atoms. The molecule has 19 heavy (non-hydrogen) atoms. The third-order valence-corrected chi connectivity index (χ3v) is 4.83. The molecular formula is C15H27NO3. The van der Waals surface area contributed by atoms with Crippen molar-refractivity contribution in [2.75, 3.05) is 0 Å². The van der Waals surface area contributed by atoms with Crippen molar-refractivity contribution >= 4 is 11.9 Å². The lowest BCUT2D eigenvalue weighted by molar-refractivity contribution is -0.143. The highest BCUT2D eigenvalue weighted by Crippen LogP contribution is 2.41. The van der Waals surface area contributed by atoms with Crippen LogP contribution in [0.2, 0.25) is 0 Å². The number of carbonyl (C=O) groups is 2. The van der Waals surface area contributed by atoms with Crippen LogP contribution in [0.25, 0.3) is 0 Å². The van der Waals surface area contributed by atoms with Gasteiger partial charge in [-0.1, -0.05) is 33.6 Å². The van der Waals surface area contributed by atoms with Gasteiger partial charge < -0.3 is 10.4 Å². The maximum Gasteiger partial charge on any atom is 0.306 e. The van der Waals surface area contributed by atoms with E-state index in [0.717, 1.165) is 25.7 Å². The Morgan fingerprint density at radius 1 is 1.26 bits per heavy atom. The minimum atomic E-state index is -0.693. The average Bonchev–Trinajstić information content (AvgIpc) is 2.70.